The van der Waals surface area contributed by atoms with E-state index in [0.29, 0.717) is 35.5 Å². The van der Waals surface area contributed by atoms with Crippen molar-refractivity contribution < 1.29 is 14.3 Å². The van der Waals surface area contributed by atoms with Gasteiger partial charge in [-0.2, -0.15) is 4.98 Å². The standard InChI is InChI=1S/C18H18ClN3O3/c19-13-4-1-3-12-14(9-10-24-17(12)13)20-18(23)22-15-5-2-6-16(21-15)25-11-7-8-11/h1-6,11,14H,7-10H2,(H2,20,21,22,23)/t14-/m0/s1. The van der Waals surface area contributed by atoms with E-state index in [4.69, 9.17) is 21.1 Å². The van der Waals surface area contributed by atoms with Gasteiger partial charge in [-0.05, 0) is 25.0 Å². The molecule has 0 saturated heterocycles. The molecule has 1 aromatic carbocycles. The van der Waals surface area contributed by atoms with Crippen LogP contribution in [0.15, 0.2) is 36.4 Å². The van der Waals surface area contributed by atoms with E-state index in [0.717, 1.165) is 18.4 Å². The molecule has 2 aliphatic rings. The van der Waals surface area contributed by atoms with Crippen LogP contribution in [0.2, 0.25) is 5.02 Å². The first-order chi connectivity index (χ1) is 12.2. The number of fused-ring (bicyclic) bond motifs is 1. The number of anilines is 1. The molecule has 1 atom stereocenters. The van der Waals surface area contributed by atoms with Crippen LogP contribution >= 0.6 is 11.6 Å². The Balaban J connectivity index is 1.42. The van der Waals surface area contributed by atoms with Crippen molar-refractivity contribution in [3.63, 3.8) is 0 Å². The average molecular weight is 360 g/mol. The highest BCUT2D eigenvalue weighted by atomic mass is 35.5. The van der Waals surface area contributed by atoms with Gasteiger partial charge in [0, 0.05) is 18.1 Å². The molecule has 0 bridgehead atoms. The van der Waals surface area contributed by atoms with E-state index in [-0.39, 0.29) is 18.2 Å². The third-order valence-electron chi connectivity index (χ3n) is 4.11. The molecular formula is C18H18ClN3O3. The van der Waals surface area contributed by atoms with E-state index in [9.17, 15) is 4.79 Å². The maximum atomic E-state index is 12.3. The lowest BCUT2D eigenvalue weighted by Gasteiger charge is -2.27. The van der Waals surface area contributed by atoms with E-state index in [1.54, 1.807) is 18.2 Å². The molecule has 6 nitrogen and oxygen atoms in total. The Labute approximate surface area is 150 Å². The number of ether oxygens (including phenoxy) is 2. The van der Waals surface area contributed by atoms with Crippen LogP contribution in [0, 0.1) is 0 Å². The van der Waals surface area contributed by atoms with Crippen molar-refractivity contribution >= 4 is 23.4 Å². The topological polar surface area (TPSA) is 72.5 Å². The molecular weight excluding hydrogens is 342 g/mol. The number of halogens is 1. The monoisotopic (exact) mass is 359 g/mol. The van der Waals surface area contributed by atoms with Gasteiger partial charge in [-0.15, -0.1) is 0 Å². The average Bonchev–Trinajstić information content (AvgIpc) is 3.40. The second-order valence-corrected chi connectivity index (χ2v) is 6.53. The smallest absolute Gasteiger partial charge is 0.320 e. The molecule has 2 N–H and O–H groups in total. The number of rotatable bonds is 4. The molecule has 0 radical (unpaired) electrons. The van der Waals surface area contributed by atoms with Gasteiger partial charge in [-0.25, -0.2) is 4.79 Å². The number of nitrogens with zero attached hydrogens (tertiary/aromatic N) is 1. The van der Waals surface area contributed by atoms with E-state index in [2.05, 4.69) is 15.6 Å². The van der Waals surface area contributed by atoms with Gasteiger partial charge in [-0.1, -0.05) is 29.8 Å². The number of pyridine rings is 1. The summed E-state index contributed by atoms with van der Waals surface area (Å²) < 4.78 is 11.3. The summed E-state index contributed by atoms with van der Waals surface area (Å²) in [4.78, 5) is 16.6. The lowest BCUT2D eigenvalue weighted by atomic mass is 10.0. The Bertz CT molecular complexity index is 795. The van der Waals surface area contributed by atoms with Gasteiger partial charge in [0.1, 0.15) is 17.7 Å². The zero-order chi connectivity index (χ0) is 17.2. The molecule has 2 aromatic rings. The second-order valence-electron chi connectivity index (χ2n) is 6.12. The lowest BCUT2D eigenvalue weighted by molar-refractivity contribution is 0.232. The second kappa shape index (κ2) is 6.80. The summed E-state index contributed by atoms with van der Waals surface area (Å²) in [6, 6.07) is 10.4. The maximum Gasteiger partial charge on any atom is 0.320 e. The van der Waals surface area contributed by atoms with Crippen LogP contribution in [0.5, 0.6) is 11.6 Å². The molecule has 25 heavy (non-hydrogen) atoms. The first-order valence-corrected chi connectivity index (χ1v) is 8.69. The molecule has 1 aliphatic carbocycles. The maximum absolute atomic E-state index is 12.3. The minimum atomic E-state index is -0.325. The van der Waals surface area contributed by atoms with E-state index in [1.807, 2.05) is 18.2 Å². The number of carbonyl (C=O) groups excluding carboxylic acids is 1. The van der Waals surface area contributed by atoms with Gasteiger partial charge in [0.25, 0.3) is 0 Å². The van der Waals surface area contributed by atoms with Crippen molar-refractivity contribution in [2.24, 2.45) is 0 Å². The fourth-order valence-electron chi connectivity index (χ4n) is 2.75. The minimum absolute atomic E-state index is 0.159. The van der Waals surface area contributed by atoms with Crippen LogP contribution in [-0.2, 0) is 0 Å². The Morgan fingerprint density at radius 3 is 2.88 bits per heavy atom. The molecule has 2 heterocycles. The van der Waals surface area contributed by atoms with E-state index < -0.39 is 0 Å². The zero-order valence-electron chi connectivity index (χ0n) is 13.5. The summed E-state index contributed by atoms with van der Waals surface area (Å²) in [7, 11) is 0. The van der Waals surface area contributed by atoms with Gasteiger partial charge in [0.15, 0.2) is 0 Å². The van der Waals surface area contributed by atoms with Crippen molar-refractivity contribution in [2.45, 2.75) is 31.4 Å². The molecule has 130 valence electrons. The number of nitrogens with one attached hydrogen (secondary N) is 2. The minimum Gasteiger partial charge on any atom is -0.492 e. The highest BCUT2D eigenvalue weighted by Gasteiger charge is 2.25. The number of urea groups is 1. The largest absolute Gasteiger partial charge is 0.492 e. The lowest BCUT2D eigenvalue weighted by Crippen LogP contribution is -2.35. The Morgan fingerprint density at radius 2 is 2.04 bits per heavy atom. The Hall–Kier alpha value is -2.47. The first kappa shape index (κ1) is 16.0. The molecule has 1 saturated carbocycles. The summed E-state index contributed by atoms with van der Waals surface area (Å²) in [5, 5.41) is 6.26. The molecule has 1 aliphatic heterocycles. The van der Waals surface area contributed by atoms with Gasteiger partial charge in [-0.3, -0.25) is 5.32 Å². The van der Waals surface area contributed by atoms with Crippen molar-refractivity contribution in [1.82, 2.24) is 10.3 Å². The van der Waals surface area contributed by atoms with Crippen molar-refractivity contribution in [1.29, 1.82) is 0 Å². The number of hydrogen-bond acceptors (Lipinski definition) is 4. The van der Waals surface area contributed by atoms with Crippen molar-refractivity contribution in [2.75, 3.05) is 11.9 Å². The van der Waals surface area contributed by atoms with Gasteiger partial charge >= 0.3 is 6.03 Å². The van der Waals surface area contributed by atoms with Gasteiger partial charge < -0.3 is 14.8 Å². The Morgan fingerprint density at radius 1 is 1.20 bits per heavy atom. The summed E-state index contributed by atoms with van der Waals surface area (Å²) in [5.41, 5.74) is 0.882. The molecule has 4 rings (SSSR count). The Kier molecular flexibility index (Phi) is 4.36. The van der Waals surface area contributed by atoms with E-state index in [1.165, 1.54) is 0 Å². The normalized spacial score (nSPS) is 18.7. The molecule has 0 unspecified atom stereocenters. The first-order valence-electron chi connectivity index (χ1n) is 8.31. The quantitative estimate of drug-likeness (QED) is 0.867. The van der Waals surface area contributed by atoms with Crippen molar-refractivity contribution in [3.8, 4) is 11.6 Å². The fraction of sp³-hybridized carbons (Fsp3) is 0.333. The molecule has 1 aromatic heterocycles. The SMILES string of the molecule is O=C(Nc1cccc(OC2CC2)n1)N[C@H]1CCOc2c(Cl)cccc21. The summed E-state index contributed by atoms with van der Waals surface area (Å²) >= 11 is 6.16. The summed E-state index contributed by atoms with van der Waals surface area (Å²) in [6.07, 6.45) is 3.07. The number of benzene rings is 1. The number of carbonyl (C=O) groups is 1. The number of amides is 2. The summed E-state index contributed by atoms with van der Waals surface area (Å²) in [6.45, 7) is 0.505. The summed E-state index contributed by atoms with van der Waals surface area (Å²) in [5.74, 6) is 1.62. The predicted molar refractivity (Wildman–Crippen MR) is 94.3 cm³/mol. The van der Waals surface area contributed by atoms with Gasteiger partial charge in [0.2, 0.25) is 5.88 Å². The van der Waals surface area contributed by atoms with Crippen LogP contribution in [0.1, 0.15) is 30.9 Å². The number of aromatic nitrogens is 1. The van der Waals surface area contributed by atoms with E-state index >= 15 is 0 Å². The van der Waals surface area contributed by atoms with Crippen LogP contribution in [0.25, 0.3) is 0 Å². The van der Waals surface area contributed by atoms with Crippen LogP contribution in [-0.4, -0.2) is 23.7 Å². The zero-order valence-corrected chi connectivity index (χ0v) is 14.3. The number of para-hydroxylation sites is 1. The molecule has 7 heteroatoms. The van der Waals surface area contributed by atoms with Crippen LogP contribution in [0.4, 0.5) is 10.6 Å². The van der Waals surface area contributed by atoms with Crippen molar-refractivity contribution in [3.05, 3.63) is 47.0 Å². The van der Waals surface area contributed by atoms with Crippen LogP contribution < -0.4 is 20.1 Å². The third-order valence-corrected chi connectivity index (χ3v) is 4.41. The number of hydrogen-bond donors (Lipinski definition) is 2. The van der Waals surface area contributed by atoms with Gasteiger partial charge in [0.05, 0.1) is 17.7 Å². The van der Waals surface area contributed by atoms with Crippen LogP contribution in [0.3, 0.4) is 0 Å². The molecule has 2 amide bonds. The highest BCUT2D eigenvalue weighted by Crippen LogP contribution is 2.37. The third kappa shape index (κ3) is 3.79. The fourth-order valence-corrected chi connectivity index (χ4v) is 2.99. The molecule has 0 spiro atoms. The predicted octanol–water partition coefficient (Wildman–Crippen LogP) is 3.92. The highest BCUT2D eigenvalue weighted by molar-refractivity contribution is 6.32. The molecule has 1 fully saturated rings.